The smallest absolute Gasteiger partial charge is 0.252 e. The molecule has 18 heavy (non-hydrogen) atoms. The van der Waals surface area contributed by atoms with Gasteiger partial charge in [0.15, 0.2) is 0 Å². The Balaban J connectivity index is 2.12. The third kappa shape index (κ3) is 5.75. The maximum atomic E-state index is 12.6. The van der Waals surface area contributed by atoms with Gasteiger partial charge in [-0.1, -0.05) is 39.0 Å². The van der Waals surface area contributed by atoms with Crippen molar-refractivity contribution in [2.24, 2.45) is 0 Å². The maximum absolute atomic E-state index is 12.6. The number of halogens is 1. The van der Waals surface area contributed by atoms with Gasteiger partial charge in [0.1, 0.15) is 0 Å². The van der Waals surface area contributed by atoms with E-state index in [0.29, 0.717) is 12.1 Å². The molecular weight excluding hydrogens is 231 g/mol. The number of carbonyl (C=O) groups excluding carboxylic acids is 1. The van der Waals surface area contributed by atoms with E-state index in [-0.39, 0.29) is 5.91 Å². The second kappa shape index (κ2) is 8.61. The first-order valence-corrected chi connectivity index (χ1v) is 6.63. The van der Waals surface area contributed by atoms with Gasteiger partial charge in [-0.25, -0.2) is 4.98 Å². The molecule has 0 atom stereocenters. The zero-order valence-electron chi connectivity index (χ0n) is 10.9. The van der Waals surface area contributed by atoms with Gasteiger partial charge in [-0.3, -0.25) is 4.79 Å². The van der Waals surface area contributed by atoms with Crippen LogP contribution in [0, 0.1) is 5.95 Å². The summed E-state index contributed by atoms with van der Waals surface area (Å²) in [5.41, 5.74) is 0.405. The molecule has 0 saturated carbocycles. The number of aromatic nitrogens is 1. The summed E-state index contributed by atoms with van der Waals surface area (Å²) in [4.78, 5) is 15.1. The van der Waals surface area contributed by atoms with Crippen molar-refractivity contribution in [1.29, 1.82) is 0 Å². The van der Waals surface area contributed by atoms with Crippen LogP contribution in [-0.2, 0) is 0 Å². The van der Waals surface area contributed by atoms with E-state index in [0.717, 1.165) is 12.8 Å². The van der Waals surface area contributed by atoms with Gasteiger partial charge in [-0.05, 0) is 18.6 Å². The largest absolute Gasteiger partial charge is 0.352 e. The summed E-state index contributed by atoms with van der Waals surface area (Å²) in [6, 6.07) is 2.64. The Morgan fingerprint density at radius 1 is 1.22 bits per heavy atom. The number of hydrogen-bond acceptors (Lipinski definition) is 2. The highest BCUT2D eigenvalue weighted by atomic mass is 19.1. The molecule has 0 saturated heterocycles. The van der Waals surface area contributed by atoms with Crippen molar-refractivity contribution in [2.45, 2.75) is 45.4 Å². The van der Waals surface area contributed by atoms with Crippen LogP contribution in [0.1, 0.15) is 55.8 Å². The van der Waals surface area contributed by atoms with Crippen molar-refractivity contribution in [3.05, 3.63) is 29.8 Å². The summed E-state index contributed by atoms with van der Waals surface area (Å²) in [6.07, 6.45) is 8.41. The second-order valence-corrected chi connectivity index (χ2v) is 4.39. The summed E-state index contributed by atoms with van der Waals surface area (Å²) in [6.45, 7) is 2.86. The van der Waals surface area contributed by atoms with E-state index >= 15 is 0 Å². The maximum Gasteiger partial charge on any atom is 0.252 e. The fourth-order valence-corrected chi connectivity index (χ4v) is 1.72. The van der Waals surface area contributed by atoms with E-state index in [1.807, 2.05) is 0 Å². The van der Waals surface area contributed by atoms with Crippen LogP contribution in [0.5, 0.6) is 0 Å². The van der Waals surface area contributed by atoms with E-state index in [1.54, 1.807) is 0 Å². The van der Waals surface area contributed by atoms with Gasteiger partial charge in [0.25, 0.3) is 5.91 Å². The number of nitrogens with zero attached hydrogens (tertiary/aromatic N) is 1. The standard InChI is InChI=1S/C14H21FN2O/c1-2-3-4-5-6-7-10-16-14(18)12-8-9-13(15)17-11-12/h8-9,11H,2-7,10H2,1H3,(H,16,18). The van der Waals surface area contributed by atoms with Crippen LogP contribution in [0.25, 0.3) is 0 Å². The van der Waals surface area contributed by atoms with E-state index < -0.39 is 5.95 Å². The molecule has 1 amide bonds. The highest BCUT2D eigenvalue weighted by molar-refractivity contribution is 5.93. The van der Waals surface area contributed by atoms with Gasteiger partial charge in [0.2, 0.25) is 5.95 Å². The lowest BCUT2D eigenvalue weighted by Crippen LogP contribution is -2.24. The summed E-state index contributed by atoms with van der Waals surface area (Å²) >= 11 is 0. The molecule has 3 nitrogen and oxygen atoms in total. The van der Waals surface area contributed by atoms with Crippen molar-refractivity contribution >= 4 is 5.91 Å². The van der Waals surface area contributed by atoms with E-state index in [2.05, 4.69) is 17.2 Å². The van der Waals surface area contributed by atoms with Crippen LogP contribution < -0.4 is 5.32 Å². The highest BCUT2D eigenvalue weighted by Gasteiger charge is 2.04. The third-order valence-electron chi connectivity index (χ3n) is 2.81. The molecule has 1 rings (SSSR count). The molecule has 1 aromatic heterocycles. The van der Waals surface area contributed by atoms with Crippen LogP contribution >= 0.6 is 0 Å². The lowest BCUT2D eigenvalue weighted by atomic mass is 10.1. The zero-order chi connectivity index (χ0) is 13.2. The molecule has 4 heteroatoms. The first-order valence-electron chi connectivity index (χ1n) is 6.63. The Labute approximate surface area is 108 Å². The van der Waals surface area contributed by atoms with Crippen molar-refractivity contribution in [2.75, 3.05) is 6.54 Å². The van der Waals surface area contributed by atoms with Gasteiger partial charge in [-0.2, -0.15) is 4.39 Å². The van der Waals surface area contributed by atoms with Crippen molar-refractivity contribution in [3.63, 3.8) is 0 Å². The Bertz CT molecular complexity index is 351. The molecule has 0 unspecified atom stereocenters. The molecular formula is C14H21FN2O. The molecule has 0 fully saturated rings. The second-order valence-electron chi connectivity index (χ2n) is 4.39. The number of pyridine rings is 1. The Hall–Kier alpha value is -1.45. The molecule has 0 spiro atoms. The average Bonchev–Trinajstić information content (AvgIpc) is 2.38. The molecule has 0 aliphatic carbocycles. The summed E-state index contributed by atoms with van der Waals surface area (Å²) in [7, 11) is 0. The number of rotatable bonds is 8. The number of unbranched alkanes of at least 4 members (excludes halogenated alkanes) is 5. The fourth-order valence-electron chi connectivity index (χ4n) is 1.72. The monoisotopic (exact) mass is 252 g/mol. The van der Waals surface area contributed by atoms with E-state index in [1.165, 1.54) is 44.0 Å². The van der Waals surface area contributed by atoms with Crippen LogP contribution in [0.4, 0.5) is 4.39 Å². The molecule has 100 valence electrons. The minimum Gasteiger partial charge on any atom is -0.352 e. The minimum absolute atomic E-state index is 0.184. The van der Waals surface area contributed by atoms with E-state index in [4.69, 9.17) is 0 Å². The van der Waals surface area contributed by atoms with Gasteiger partial charge in [0, 0.05) is 12.7 Å². The summed E-state index contributed by atoms with van der Waals surface area (Å²) < 4.78 is 12.6. The van der Waals surface area contributed by atoms with E-state index in [9.17, 15) is 9.18 Å². The molecule has 1 aromatic rings. The normalized spacial score (nSPS) is 10.3. The highest BCUT2D eigenvalue weighted by Crippen LogP contribution is 2.04. The molecule has 1 heterocycles. The van der Waals surface area contributed by atoms with Crippen LogP contribution in [0.3, 0.4) is 0 Å². The number of amides is 1. The summed E-state index contributed by atoms with van der Waals surface area (Å²) in [5, 5.41) is 2.81. The molecule has 0 aliphatic rings. The number of hydrogen-bond donors (Lipinski definition) is 1. The number of nitrogens with one attached hydrogen (secondary N) is 1. The van der Waals surface area contributed by atoms with Crippen molar-refractivity contribution < 1.29 is 9.18 Å². The predicted octanol–water partition coefficient (Wildman–Crippen LogP) is 3.31. The number of carbonyl (C=O) groups is 1. The van der Waals surface area contributed by atoms with Gasteiger partial charge in [0.05, 0.1) is 5.56 Å². The fraction of sp³-hybridized carbons (Fsp3) is 0.571. The third-order valence-corrected chi connectivity index (χ3v) is 2.81. The molecule has 0 aromatic carbocycles. The first kappa shape index (κ1) is 14.6. The zero-order valence-corrected chi connectivity index (χ0v) is 10.9. The lowest BCUT2D eigenvalue weighted by molar-refractivity contribution is 0.0952. The minimum atomic E-state index is -0.567. The average molecular weight is 252 g/mol. The molecule has 0 bridgehead atoms. The lowest BCUT2D eigenvalue weighted by Gasteiger charge is -2.04. The molecule has 0 radical (unpaired) electrons. The van der Waals surface area contributed by atoms with Gasteiger partial charge >= 0.3 is 0 Å². The van der Waals surface area contributed by atoms with Crippen molar-refractivity contribution in [1.82, 2.24) is 10.3 Å². The van der Waals surface area contributed by atoms with Gasteiger partial charge < -0.3 is 5.32 Å². The summed E-state index contributed by atoms with van der Waals surface area (Å²) in [5.74, 6) is -0.751. The quantitative estimate of drug-likeness (QED) is 0.569. The van der Waals surface area contributed by atoms with Crippen LogP contribution in [0.15, 0.2) is 18.3 Å². The van der Waals surface area contributed by atoms with Crippen LogP contribution in [0.2, 0.25) is 0 Å². The van der Waals surface area contributed by atoms with Crippen LogP contribution in [-0.4, -0.2) is 17.4 Å². The molecule has 1 N–H and O–H groups in total. The van der Waals surface area contributed by atoms with Crippen molar-refractivity contribution in [3.8, 4) is 0 Å². The van der Waals surface area contributed by atoms with Gasteiger partial charge in [-0.15, -0.1) is 0 Å². The Morgan fingerprint density at radius 2 is 1.94 bits per heavy atom. The Morgan fingerprint density at radius 3 is 2.61 bits per heavy atom. The SMILES string of the molecule is CCCCCCCCNC(=O)c1ccc(F)nc1. The predicted molar refractivity (Wildman–Crippen MR) is 69.9 cm³/mol. The molecule has 0 aliphatic heterocycles. The topological polar surface area (TPSA) is 42.0 Å². The first-order chi connectivity index (χ1) is 8.74. The Kier molecular flexibility index (Phi) is 6.99.